The second kappa shape index (κ2) is 6.09. The Morgan fingerprint density at radius 3 is 2.44 bits per heavy atom. The molecular formula is C17H23N3O4S. The summed E-state index contributed by atoms with van der Waals surface area (Å²) in [6.45, 7) is 5.37. The quantitative estimate of drug-likeness (QED) is 0.663. The standard InChI is InChI=1S/C17H23N3O4S/c1-17(2,3)24-15(21)12-9-11-13(10-7-5-6-8-10)19-16(25(4,22)23)20-14(11)18-12/h9-10H,5-8H2,1-4H3,(H,18,19,20). The number of H-pyrrole nitrogens is 1. The van der Waals surface area contributed by atoms with Gasteiger partial charge in [0.2, 0.25) is 15.0 Å². The zero-order valence-corrected chi connectivity index (χ0v) is 15.7. The summed E-state index contributed by atoms with van der Waals surface area (Å²) in [6, 6.07) is 1.67. The maximum Gasteiger partial charge on any atom is 0.355 e. The van der Waals surface area contributed by atoms with E-state index in [-0.39, 0.29) is 16.8 Å². The Morgan fingerprint density at radius 2 is 1.88 bits per heavy atom. The molecule has 8 heteroatoms. The van der Waals surface area contributed by atoms with Crippen LogP contribution in [0.15, 0.2) is 11.2 Å². The van der Waals surface area contributed by atoms with Crippen LogP contribution in [0, 0.1) is 0 Å². The fourth-order valence-corrected chi connectivity index (χ4v) is 3.65. The number of ether oxygens (including phenoxy) is 1. The lowest BCUT2D eigenvalue weighted by molar-refractivity contribution is 0.00638. The summed E-state index contributed by atoms with van der Waals surface area (Å²) < 4.78 is 29.3. The third-order valence-electron chi connectivity index (χ3n) is 4.19. The van der Waals surface area contributed by atoms with E-state index in [9.17, 15) is 13.2 Å². The van der Waals surface area contributed by atoms with Gasteiger partial charge in [-0.05, 0) is 39.7 Å². The van der Waals surface area contributed by atoms with Gasteiger partial charge in [0.25, 0.3) is 0 Å². The number of esters is 1. The first kappa shape index (κ1) is 17.8. The summed E-state index contributed by atoms with van der Waals surface area (Å²) in [6.07, 6.45) is 5.19. The highest BCUT2D eigenvalue weighted by molar-refractivity contribution is 7.90. The van der Waals surface area contributed by atoms with Crippen molar-refractivity contribution in [3.05, 3.63) is 17.5 Å². The van der Waals surface area contributed by atoms with Crippen LogP contribution in [0.2, 0.25) is 0 Å². The predicted molar refractivity (Wildman–Crippen MR) is 93.4 cm³/mol. The highest BCUT2D eigenvalue weighted by Crippen LogP contribution is 2.37. The number of sulfone groups is 1. The first-order valence-electron chi connectivity index (χ1n) is 8.39. The summed E-state index contributed by atoms with van der Waals surface area (Å²) in [7, 11) is -3.54. The number of carbonyl (C=O) groups is 1. The Bertz CT molecular complexity index is 919. The van der Waals surface area contributed by atoms with Crippen molar-refractivity contribution in [2.45, 2.75) is 63.1 Å². The maximum absolute atomic E-state index is 12.3. The molecule has 0 saturated heterocycles. The molecule has 0 aromatic carbocycles. The number of nitrogens with one attached hydrogen (secondary N) is 1. The fourth-order valence-electron chi connectivity index (χ4n) is 3.13. The van der Waals surface area contributed by atoms with Crippen molar-refractivity contribution in [2.75, 3.05) is 6.26 Å². The molecule has 1 N–H and O–H groups in total. The molecule has 1 aliphatic carbocycles. The van der Waals surface area contributed by atoms with E-state index in [2.05, 4.69) is 15.0 Å². The third-order valence-corrected chi connectivity index (χ3v) is 5.03. The molecule has 2 aromatic rings. The van der Waals surface area contributed by atoms with Gasteiger partial charge < -0.3 is 9.72 Å². The molecule has 1 aliphatic rings. The van der Waals surface area contributed by atoms with Gasteiger partial charge in [-0.3, -0.25) is 0 Å². The maximum atomic E-state index is 12.3. The molecule has 0 bridgehead atoms. The van der Waals surface area contributed by atoms with E-state index in [4.69, 9.17) is 4.74 Å². The SMILES string of the molecule is CC(C)(C)OC(=O)c1cc2c(C3CCCC3)nc(S(C)(=O)=O)nc2[nH]1. The molecule has 0 atom stereocenters. The van der Waals surface area contributed by atoms with Gasteiger partial charge in [-0.1, -0.05) is 12.8 Å². The Labute approximate surface area is 147 Å². The van der Waals surface area contributed by atoms with Crippen molar-refractivity contribution in [1.82, 2.24) is 15.0 Å². The van der Waals surface area contributed by atoms with Crippen LogP contribution >= 0.6 is 0 Å². The third kappa shape index (κ3) is 3.84. The van der Waals surface area contributed by atoms with Crippen molar-refractivity contribution >= 4 is 26.8 Å². The number of hydrogen-bond acceptors (Lipinski definition) is 6. The van der Waals surface area contributed by atoms with Gasteiger partial charge in [0.15, 0.2) is 0 Å². The number of carbonyl (C=O) groups excluding carboxylic acids is 1. The van der Waals surface area contributed by atoms with E-state index in [1.54, 1.807) is 26.8 Å². The van der Waals surface area contributed by atoms with E-state index < -0.39 is 21.4 Å². The van der Waals surface area contributed by atoms with E-state index in [1.807, 2.05) is 0 Å². The first-order chi connectivity index (χ1) is 11.5. The Kier molecular flexibility index (Phi) is 4.35. The van der Waals surface area contributed by atoms with E-state index in [0.717, 1.165) is 31.9 Å². The monoisotopic (exact) mass is 365 g/mol. The van der Waals surface area contributed by atoms with Crippen LogP contribution in [0.3, 0.4) is 0 Å². The van der Waals surface area contributed by atoms with E-state index in [1.165, 1.54) is 0 Å². The smallest absolute Gasteiger partial charge is 0.355 e. The molecule has 7 nitrogen and oxygen atoms in total. The van der Waals surface area contributed by atoms with Crippen molar-refractivity contribution in [3.63, 3.8) is 0 Å². The zero-order valence-electron chi connectivity index (χ0n) is 14.9. The molecule has 1 saturated carbocycles. The van der Waals surface area contributed by atoms with Crippen LogP contribution in [-0.4, -0.2) is 41.2 Å². The van der Waals surface area contributed by atoms with Crippen molar-refractivity contribution in [3.8, 4) is 0 Å². The molecule has 25 heavy (non-hydrogen) atoms. The van der Waals surface area contributed by atoms with Gasteiger partial charge in [0.1, 0.15) is 16.9 Å². The van der Waals surface area contributed by atoms with Gasteiger partial charge in [-0.2, -0.15) is 0 Å². The summed E-state index contributed by atoms with van der Waals surface area (Å²) in [5.41, 5.74) is 0.697. The molecule has 0 aliphatic heterocycles. The topological polar surface area (TPSA) is 102 Å². The van der Waals surface area contributed by atoms with Crippen molar-refractivity contribution < 1.29 is 17.9 Å². The Hall–Kier alpha value is -1.96. The summed E-state index contributed by atoms with van der Waals surface area (Å²) in [5.74, 6) is -0.308. The molecule has 1 fully saturated rings. The van der Waals surface area contributed by atoms with Crippen molar-refractivity contribution in [1.29, 1.82) is 0 Å². The minimum atomic E-state index is -3.54. The number of rotatable bonds is 3. The normalized spacial score (nSPS) is 16.5. The Balaban J connectivity index is 2.13. The lowest BCUT2D eigenvalue weighted by Gasteiger charge is -2.18. The minimum Gasteiger partial charge on any atom is -0.455 e. The number of hydrogen-bond donors (Lipinski definition) is 1. The van der Waals surface area contributed by atoms with Gasteiger partial charge >= 0.3 is 5.97 Å². The second-order valence-electron chi connectivity index (χ2n) is 7.59. The number of aromatic nitrogens is 3. The zero-order chi connectivity index (χ0) is 18.4. The molecular weight excluding hydrogens is 342 g/mol. The van der Waals surface area contributed by atoms with Gasteiger partial charge in [0, 0.05) is 17.6 Å². The predicted octanol–water partition coefficient (Wildman–Crippen LogP) is 2.97. The molecule has 2 heterocycles. The largest absolute Gasteiger partial charge is 0.455 e. The summed E-state index contributed by atoms with van der Waals surface area (Å²) >= 11 is 0. The molecule has 0 radical (unpaired) electrons. The van der Waals surface area contributed by atoms with Crippen LogP contribution in [0.25, 0.3) is 11.0 Å². The molecule has 3 rings (SSSR count). The average Bonchev–Trinajstić information content (AvgIpc) is 3.12. The molecule has 0 spiro atoms. The van der Waals surface area contributed by atoms with Crippen LogP contribution in [0.1, 0.15) is 68.6 Å². The van der Waals surface area contributed by atoms with Crippen LogP contribution < -0.4 is 0 Å². The second-order valence-corrected chi connectivity index (χ2v) is 9.50. The van der Waals surface area contributed by atoms with E-state index in [0.29, 0.717) is 16.7 Å². The lowest BCUT2D eigenvalue weighted by Crippen LogP contribution is -2.24. The molecule has 0 amide bonds. The summed E-state index contributed by atoms with van der Waals surface area (Å²) in [5, 5.41) is 0.486. The molecule has 0 unspecified atom stereocenters. The van der Waals surface area contributed by atoms with Crippen molar-refractivity contribution in [2.24, 2.45) is 0 Å². The summed E-state index contributed by atoms with van der Waals surface area (Å²) in [4.78, 5) is 23.7. The Morgan fingerprint density at radius 1 is 1.24 bits per heavy atom. The van der Waals surface area contributed by atoms with Gasteiger partial charge in [0.05, 0.1) is 5.69 Å². The number of fused-ring (bicyclic) bond motifs is 1. The minimum absolute atomic E-state index is 0.188. The molecule has 136 valence electrons. The fraction of sp³-hybridized carbons (Fsp3) is 0.588. The van der Waals surface area contributed by atoms with Gasteiger partial charge in [-0.25, -0.2) is 23.2 Å². The van der Waals surface area contributed by atoms with Gasteiger partial charge in [-0.15, -0.1) is 0 Å². The highest BCUT2D eigenvalue weighted by atomic mass is 32.2. The van der Waals surface area contributed by atoms with Crippen LogP contribution in [-0.2, 0) is 14.6 Å². The molecule has 2 aromatic heterocycles. The average molecular weight is 365 g/mol. The van der Waals surface area contributed by atoms with E-state index >= 15 is 0 Å². The highest BCUT2D eigenvalue weighted by Gasteiger charge is 2.27. The lowest BCUT2D eigenvalue weighted by atomic mass is 10.0. The number of aromatic amines is 1. The number of nitrogens with zero attached hydrogens (tertiary/aromatic N) is 2. The van der Waals surface area contributed by atoms with Crippen LogP contribution in [0.4, 0.5) is 0 Å². The van der Waals surface area contributed by atoms with Crippen LogP contribution in [0.5, 0.6) is 0 Å². The first-order valence-corrected chi connectivity index (χ1v) is 10.3.